The zero-order valence-electron chi connectivity index (χ0n) is 17.1. The number of nitrogens with zero attached hydrogens (tertiary/aromatic N) is 2. The molecule has 2 aromatic heterocycles. The number of anilines is 1. The molecule has 2 N–H and O–H groups in total. The Bertz CT molecular complexity index is 1520. The van der Waals surface area contributed by atoms with E-state index < -0.39 is 23.9 Å². The molecule has 0 atom stereocenters. The van der Waals surface area contributed by atoms with Gasteiger partial charge < -0.3 is 4.98 Å². The van der Waals surface area contributed by atoms with E-state index in [-0.39, 0.29) is 38.6 Å². The number of carbonyl (C=O) groups excluding carboxylic acids is 3. The maximum atomic E-state index is 13.3. The summed E-state index contributed by atoms with van der Waals surface area (Å²) in [5.41, 5.74) is 3.71. The molecule has 5 rings (SSSR count). The monoisotopic (exact) mass is 474 g/mol. The van der Waals surface area contributed by atoms with Crippen molar-refractivity contribution < 1.29 is 27.6 Å². The van der Waals surface area contributed by atoms with E-state index in [1.54, 1.807) is 37.3 Å². The summed E-state index contributed by atoms with van der Waals surface area (Å²) in [7, 11) is 0. The highest BCUT2D eigenvalue weighted by Gasteiger charge is 2.44. The summed E-state index contributed by atoms with van der Waals surface area (Å²) in [4.78, 5) is 41.8. The highest BCUT2D eigenvalue weighted by atomic mass is 35.5. The normalized spacial score (nSPS) is 13.9. The predicted molar refractivity (Wildman–Crippen MR) is 116 cm³/mol. The van der Waals surface area contributed by atoms with Gasteiger partial charge in [-0.15, -0.1) is 0 Å². The second-order valence-electron chi connectivity index (χ2n) is 7.74. The van der Waals surface area contributed by atoms with Gasteiger partial charge >= 0.3 is 12.1 Å². The van der Waals surface area contributed by atoms with Crippen molar-refractivity contribution in [3.05, 3.63) is 63.9 Å². The molecule has 1 aliphatic heterocycles. The van der Waals surface area contributed by atoms with Crippen LogP contribution >= 0.6 is 11.6 Å². The fraction of sp³-hybridized carbons (Fsp3) is 0.136. The number of rotatable bonds is 2. The third kappa shape index (κ3) is 3.01. The molecule has 0 saturated heterocycles. The molecule has 0 unspecified atom stereocenters. The molecule has 7 nitrogen and oxygen atoms in total. The molecule has 0 fully saturated rings. The van der Waals surface area contributed by atoms with Crippen LogP contribution in [0.5, 0.6) is 0 Å². The highest BCUT2D eigenvalue weighted by Crippen LogP contribution is 2.40. The Labute approximate surface area is 188 Å². The van der Waals surface area contributed by atoms with Gasteiger partial charge in [-0.3, -0.25) is 24.4 Å². The lowest BCUT2D eigenvalue weighted by atomic mass is 10.0. The molecule has 3 heterocycles. The number of hydrogen-bond acceptors (Lipinski definition) is 4. The number of fused-ring (bicyclic) bond motifs is 6. The summed E-state index contributed by atoms with van der Waals surface area (Å²) in [6.07, 6.45) is -5.13. The van der Waals surface area contributed by atoms with Gasteiger partial charge in [-0.25, -0.2) is 0 Å². The molecular formula is C22H14ClF3N4O3. The maximum absolute atomic E-state index is 13.3. The molecule has 1 aliphatic rings. The van der Waals surface area contributed by atoms with Gasteiger partial charge in [0.15, 0.2) is 0 Å². The standard InChI is InChI=1S/C22H14ClF3N4O3/c1-9-7-13-15-16(20(32)30(19(15)31)28-12-5-3-11(23)4-6-12)14-8-10(2)29(18(14)17(13)27-9)21(33)22(24,25)26/h3-8,27-28H,1-2H3. The summed E-state index contributed by atoms with van der Waals surface area (Å²) < 4.78 is 40.6. The van der Waals surface area contributed by atoms with Crippen molar-refractivity contribution in [3.8, 4) is 0 Å². The number of imide groups is 1. The second-order valence-corrected chi connectivity index (χ2v) is 8.18. The molecule has 168 valence electrons. The highest BCUT2D eigenvalue weighted by molar-refractivity contribution is 6.34. The minimum absolute atomic E-state index is 0.0152. The maximum Gasteiger partial charge on any atom is 0.472 e. The van der Waals surface area contributed by atoms with Gasteiger partial charge in [0.2, 0.25) is 0 Å². The van der Waals surface area contributed by atoms with Crippen LogP contribution in [0.4, 0.5) is 18.9 Å². The molecular weight excluding hydrogens is 461 g/mol. The Kier molecular flexibility index (Phi) is 4.38. The lowest BCUT2D eigenvalue weighted by Crippen LogP contribution is -2.35. The fourth-order valence-electron chi connectivity index (χ4n) is 4.22. The van der Waals surface area contributed by atoms with Crippen molar-refractivity contribution in [1.82, 2.24) is 14.6 Å². The van der Waals surface area contributed by atoms with Crippen molar-refractivity contribution in [3.63, 3.8) is 0 Å². The van der Waals surface area contributed by atoms with E-state index >= 15 is 0 Å². The largest absolute Gasteiger partial charge is 0.472 e. The van der Waals surface area contributed by atoms with Crippen LogP contribution in [0.2, 0.25) is 5.02 Å². The van der Waals surface area contributed by atoms with Crippen molar-refractivity contribution >= 4 is 56.8 Å². The van der Waals surface area contributed by atoms with Crippen molar-refractivity contribution in [2.75, 3.05) is 5.43 Å². The number of aromatic nitrogens is 2. The summed E-state index contributed by atoms with van der Waals surface area (Å²) in [6, 6.07) is 9.15. The number of aromatic amines is 1. The van der Waals surface area contributed by atoms with Gasteiger partial charge in [0.1, 0.15) is 0 Å². The summed E-state index contributed by atoms with van der Waals surface area (Å²) in [6.45, 7) is 3.00. The van der Waals surface area contributed by atoms with E-state index in [0.717, 1.165) is 5.01 Å². The summed E-state index contributed by atoms with van der Waals surface area (Å²) in [5, 5.41) is 1.59. The average molecular weight is 475 g/mol. The zero-order valence-corrected chi connectivity index (χ0v) is 17.9. The van der Waals surface area contributed by atoms with E-state index in [4.69, 9.17) is 11.6 Å². The Morgan fingerprint density at radius 1 is 1.00 bits per heavy atom. The van der Waals surface area contributed by atoms with Crippen molar-refractivity contribution in [2.24, 2.45) is 0 Å². The van der Waals surface area contributed by atoms with Gasteiger partial charge in [0.05, 0.1) is 27.8 Å². The number of hydrazine groups is 1. The van der Waals surface area contributed by atoms with E-state index in [0.29, 0.717) is 21.0 Å². The van der Waals surface area contributed by atoms with Crippen LogP contribution in [0.3, 0.4) is 0 Å². The van der Waals surface area contributed by atoms with Gasteiger partial charge in [0, 0.05) is 27.2 Å². The molecule has 4 aromatic rings. The number of amides is 2. The third-order valence-corrected chi connectivity index (χ3v) is 5.78. The Balaban J connectivity index is 1.78. The molecule has 0 radical (unpaired) electrons. The van der Waals surface area contributed by atoms with Crippen LogP contribution in [0.15, 0.2) is 36.4 Å². The van der Waals surface area contributed by atoms with Crippen LogP contribution in [0.25, 0.3) is 21.8 Å². The topological polar surface area (TPSA) is 87.2 Å². The quantitative estimate of drug-likeness (QED) is 0.390. The van der Waals surface area contributed by atoms with Gasteiger partial charge in [0.25, 0.3) is 11.8 Å². The SMILES string of the molecule is Cc1cc2c3c(c4cc(C)n(C(=O)C(F)(F)F)c4c2[nH]1)C(=O)N(Nc1ccc(Cl)cc1)C3=O. The molecule has 11 heteroatoms. The van der Waals surface area contributed by atoms with Gasteiger partial charge in [-0.2, -0.15) is 18.2 Å². The lowest BCUT2D eigenvalue weighted by Gasteiger charge is -2.16. The van der Waals surface area contributed by atoms with Crippen LogP contribution in [-0.4, -0.2) is 38.5 Å². The smallest absolute Gasteiger partial charge is 0.357 e. The molecule has 2 amide bonds. The Hall–Kier alpha value is -3.79. The zero-order chi connectivity index (χ0) is 23.8. The molecule has 0 spiro atoms. The Morgan fingerprint density at radius 3 is 2.21 bits per heavy atom. The number of aryl methyl sites for hydroxylation is 2. The third-order valence-electron chi connectivity index (χ3n) is 5.53. The number of halogens is 4. The van der Waals surface area contributed by atoms with Crippen molar-refractivity contribution in [2.45, 2.75) is 20.0 Å². The number of alkyl halides is 3. The summed E-state index contributed by atoms with van der Waals surface area (Å²) in [5.74, 6) is -3.49. The fourth-order valence-corrected chi connectivity index (χ4v) is 4.35. The molecule has 2 aromatic carbocycles. The Morgan fingerprint density at radius 2 is 1.61 bits per heavy atom. The lowest BCUT2D eigenvalue weighted by molar-refractivity contribution is -0.0944. The van der Waals surface area contributed by atoms with E-state index in [2.05, 4.69) is 10.4 Å². The first-order valence-corrected chi connectivity index (χ1v) is 10.1. The van der Waals surface area contributed by atoms with Gasteiger partial charge in [-0.1, -0.05) is 11.6 Å². The van der Waals surface area contributed by atoms with Crippen LogP contribution in [0, 0.1) is 13.8 Å². The van der Waals surface area contributed by atoms with E-state index in [9.17, 15) is 27.6 Å². The average Bonchev–Trinajstić information content (AvgIpc) is 3.35. The van der Waals surface area contributed by atoms with Gasteiger partial charge in [-0.05, 0) is 50.2 Å². The van der Waals surface area contributed by atoms with Crippen LogP contribution < -0.4 is 5.43 Å². The number of carbonyl (C=O) groups is 3. The van der Waals surface area contributed by atoms with E-state index in [1.165, 1.54) is 13.0 Å². The molecule has 0 aliphatic carbocycles. The molecule has 33 heavy (non-hydrogen) atoms. The van der Waals surface area contributed by atoms with Crippen LogP contribution in [0.1, 0.15) is 36.9 Å². The second kappa shape index (κ2) is 6.85. The minimum Gasteiger partial charge on any atom is -0.357 e. The van der Waals surface area contributed by atoms with Crippen LogP contribution in [-0.2, 0) is 0 Å². The summed E-state index contributed by atoms with van der Waals surface area (Å²) >= 11 is 5.88. The first-order valence-electron chi connectivity index (χ1n) is 9.69. The number of benzene rings is 2. The van der Waals surface area contributed by atoms with Crippen molar-refractivity contribution in [1.29, 1.82) is 0 Å². The first-order chi connectivity index (χ1) is 15.5. The number of nitrogens with one attached hydrogen (secondary N) is 2. The minimum atomic E-state index is -5.13. The number of hydrogen-bond donors (Lipinski definition) is 2. The predicted octanol–water partition coefficient (Wildman–Crippen LogP) is 5.22. The first kappa shape index (κ1) is 21.1. The van der Waals surface area contributed by atoms with E-state index in [1.807, 2.05) is 0 Å². The number of H-pyrrole nitrogens is 1. The molecule has 0 saturated carbocycles. The molecule has 0 bridgehead atoms.